The molecular formula is C14H16N6. The van der Waals surface area contributed by atoms with Crippen molar-refractivity contribution < 1.29 is 0 Å². The Bertz CT molecular complexity index is 692. The van der Waals surface area contributed by atoms with Crippen molar-refractivity contribution in [1.82, 2.24) is 20.0 Å². The molecule has 3 N–H and O–H groups in total. The van der Waals surface area contributed by atoms with Gasteiger partial charge >= 0.3 is 0 Å². The number of benzene rings is 1. The molecule has 2 aromatic heterocycles. The number of nitrogen functional groups attached to an aromatic ring is 1. The number of aromatic nitrogens is 4. The molecule has 0 aliphatic heterocycles. The minimum atomic E-state index is 0.757. The van der Waals surface area contributed by atoms with Crippen molar-refractivity contribution in [3.05, 3.63) is 42.7 Å². The first-order valence-electron chi connectivity index (χ1n) is 6.55. The molecule has 0 aliphatic carbocycles. The van der Waals surface area contributed by atoms with Crippen molar-refractivity contribution in [2.24, 2.45) is 0 Å². The molecule has 0 radical (unpaired) electrons. The zero-order valence-electron chi connectivity index (χ0n) is 11.0. The van der Waals surface area contributed by atoms with Gasteiger partial charge in [0.25, 0.3) is 0 Å². The summed E-state index contributed by atoms with van der Waals surface area (Å²) < 4.78 is 1.82. The number of rotatable bonds is 5. The van der Waals surface area contributed by atoms with E-state index in [0.717, 1.165) is 41.9 Å². The van der Waals surface area contributed by atoms with Gasteiger partial charge in [0, 0.05) is 30.4 Å². The number of pyridine rings is 1. The first-order valence-corrected chi connectivity index (χ1v) is 6.55. The maximum atomic E-state index is 5.75. The Morgan fingerprint density at radius 3 is 3.00 bits per heavy atom. The van der Waals surface area contributed by atoms with E-state index in [2.05, 4.69) is 20.6 Å². The van der Waals surface area contributed by atoms with E-state index in [9.17, 15) is 0 Å². The van der Waals surface area contributed by atoms with Crippen LogP contribution < -0.4 is 11.1 Å². The molecule has 0 spiro atoms. The fourth-order valence-electron chi connectivity index (χ4n) is 2.05. The Kier molecular flexibility index (Phi) is 3.45. The van der Waals surface area contributed by atoms with Crippen molar-refractivity contribution in [2.75, 3.05) is 17.6 Å². The average Bonchev–Trinajstić information content (AvgIpc) is 2.97. The van der Waals surface area contributed by atoms with Crippen molar-refractivity contribution in [2.45, 2.75) is 13.0 Å². The lowest BCUT2D eigenvalue weighted by atomic mass is 10.2. The minimum Gasteiger partial charge on any atom is -0.399 e. The molecule has 0 atom stereocenters. The van der Waals surface area contributed by atoms with E-state index in [1.54, 1.807) is 6.20 Å². The van der Waals surface area contributed by atoms with Gasteiger partial charge in [0.2, 0.25) is 0 Å². The standard InChI is InChI=1S/C14H16N6/c15-12-3-4-13-11(10-12)2-5-14(18-13)16-6-1-8-20-9-7-17-19-20/h2-5,7,9-10H,1,6,8,15H2,(H,16,18). The summed E-state index contributed by atoms with van der Waals surface area (Å²) in [4.78, 5) is 4.55. The highest BCUT2D eigenvalue weighted by Gasteiger charge is 1.99. The molecule has 0 unspecified atom stereocenters. The van der Waals surface area contributed by atoms with Gasteiger partial charge in [-0.1, -0.05) is 5.21 Å². The predicted octanol–water partition coefficient (Wildman–Crippen LogP) is 1.91. The molecule has 3 rings (SSSR count). The number of anilines is 2. The van der Waals surface area contributed by atoms with Crippen molar-refractivity contribution in [3.8, 4) is 0 Å². The number of nitrogens with zero attached hydrogens (tertiary/aromatic N) is 4. The summed E-state index contributed by atoms with van der Waals surface area (Å²) in [7, 11) is 0. The summed E-state index contributed by atoms with van der Waals surface area (Å²) in [6.07, 6.45) is 4.51. The van der Waals surface area contributed by atoms with Gasteiger partial charge in [-0.05, 0) is 36.8 Å². The summed E-state index contributed by atoms with van der Waals surface area (Å²) >= 11 is 0. The SMILES string of the molecule is Nc1ccc2nc(NCCCn3ccnn3)ccc2c1. The largest absolute Gasteiger partial charge is 0.399 e. The van der Waals surface area contributed by atoms with Crippen LogP contribution in [-0.2, 0) is 6.54 Å². The van der Waals surface area contributed by atoms with Gasteiger partial charge in [0.1, 0.15) is 5.82 Å². The van der Waals surface area contributed by atoms with E-state index >= 15 is 0 Å². The molecule has 3 aromatic rings. The number of nitrogens with one attached hydrogen (secondary N) is 1. The summed E-state index contributed by atoms with van der Waals surface area (Å²) in [6, 6.07) is 9.72. The van der Waals surface area contributed by atoms with Crippen LogP contribution in [0.2, 0.25) is 0 Å². The quantitative estimate of drug-likeness (QED) is 0.545. The van der Waals surface area contributed by atoms with Crippen LogP contribution in [0.25, 0.3) is 10.9 Å². The van der Waals surface area contributed by atoms with Gasteiger partial charge in [0.15, 0.2) is 0 Å². The zero-order chi connectivity index (χ0) is 13.8. The normalized spacial score (nSPS) is 10.8. The van der Waals surface area contributed by atoms with Crippen LogP contribution >= 0.6 is 0 Å². The van der Waals surface area contributed by atoms with Gasteiger partial charge in [-0.2, -0.15) is 0 Å². The van der Waals surface area contributed by atoms with Crippen LogP contribution in [0.4, 0.5) is 11.5 Å². The summed E-state index contributed by atoms with van der Waals surface area (Å²) in [5.74, 6) is 0.876. The lowest BCUT2D eigenvalue weighted by Gasteiger charge is -2.07. The molecule has 0 saturated carbocycles. The molecule has 0 amide bonds. The number of aryl methyl sites for hydroxylation is 1. The topological polar surface area (TPSA) is 81.6 Å². The predicted molar refractivity (Wildman–Crippen MR) is 79.3 cm³/mol. The van der Waals surface area contributed by atoms with Crippen molar-refractivity contribution in [3.63, 3.8) is 0 Å². The molecule has 6 heteroatoms. The highest BCUT2D eigenvalue weighted by molar-refractivity contribution is 5.83. The van der Waals surface area contributed by atoms with Crippen molar-refractivity contribution in [1.29, 1.82) is 0 Å². The van der Waals surface area contributed by atoms with Crippen LogP contribution in [0, 0.1) is 0 Å². The van der Waals surface area contributed by atoms with E-state index in [0.29, 0.717) is 0 Å². The third-order valence-corrected chi connectivity index (χ3v) is 3.06. The Morgan fingerprint density at radius 1 is 1.20 bits per heavy atom. The molecule has 1 aromatic carbocycles. The lowest BCUT2D eigenvalue weighted by molar-refractivity contribution is 0.569. The van der Waals surface area contributed by atoms with Gasteiger partial charge in [-0.25, -0.2) is 4.98 Å². The Hall–Kier alpha value is -2.63. The van der Waals surface area contributed by atoms with Crippen LogP contribution in [0.15, 0.2) is 42.7 Å². The van der Waals surface area contributed by atoms with Gasteiger partial charge in [-0.15, -0.1) is 5.10 Å². The average molecular weight is 268 g/mol. The highest BCUT2D eigenvalue weighted by Crippen LogP contribution is 2.17. The molecule has 6 nitrogen and oxygen atoms in total. The second kappa shape index (κ2) is 5.56. The third-order valence-electron chi connectivity index (χ3n) is 3.06. The maximum absolute atomic E-state index is 5.75. The molecule has 0 fully saturated rings. The van der Waals surface area contributed by atoms with Crippen LogP contribution in [-0.4, -0.2) is 26.5 Å². The summed E-state index contributed by atoms with van der Waals surface area (Å²) in [6.45, 7) is 1.68. The second-order valence-corrected chi connectivity index (χ2v) is 4.60. The van der Waals surface area contributed by atoms with E-state index in [1.807, 2.05) is 41.2 Å². The van der Waals surface area contributed by atoms with Crippen molar-refractivity contribution >= 4 is 22.4 Å². The Balaban J connectivity index is 1.58. The fraction of sp³-hybridized carbons (Fsp3) is 0.214. The maximum Gasteiger partial charge on any atom is 0.126 e. The lowest BCUT2D eigenvalue weighted by Crippen LogP contribution is -2.08. The van der Waals surface area contributed by atoms with Gasteiger partial charge in [-0.3, -0.25) is 4.68 Å². The molecule has 0 saturated heterocycles. The van der Waals surface area contributed by atoms with Gasteiger partial charge in [0.05, 0.1) is 11.7 Å². The smallest absolute Gasteiger partial charge is 0.126 e. The number of fused-ring (bicyclic) bond motifs is 1. The Morgan fingerprint density at radius 2 is 2.15 bits per heavy atom. The van der Waals surface area contributed by atoms with E-state index in [4.69, 9.17) is 5.73 Å². The molecular weight excluding hydrogens is 252 g/mol. The number of hydrogen-bond acceptors (Lipinski definition) is 5. The molecule has 0 bridgehead atoms. The van der Waals surface area contributed by atoms with Crippen LogP contribution in [0.1, 0.15) is 6.42 Å². The molecule has 0 aliphatic rings. The van der Waals surface area contributed by atoms with Crippen LogP contribution in [0.3, 0.4) is 0 Å². The zero-order valence-corrected chi connectivity index (χ0v) is 11.0. The second-order valence-electron chi connectivity index (χ2n) is 4.60. The summed E-state index contributed by atoms with van der Waals surface area (Å²) in [5.41, 5.74) is 7.45. The van der Waals surface area contributed by atoms with E-state index in [-0.39, 0.29) is 0 Å². The number of hydrogen-bond donors (Lipinski definition) is 2. The number of nitrogens with two attached hydrogens (primary N) is 1. The van der Waals surface area contributed by atoms with E-state index in [1.165, 1.54) is 0 Å². The third kappa shape index (κ3) is 2.85. The molecule has 2 heterocycles. The monoisotopic (exact) mass is 268 g/mol. The summed E-state index contributed by atoms with van der Waals surface area (Å²) in [5, 5.41) is 12.1. The van der Waals surface area contributed by atoms with Gasteiger partial charge < -0.3 is 11.1 Å². The first-order chi connectivity index (χ1) is 9.81. The van der Waals surface area contributed by atoms with E-state index < -0.39 is 0 Å². The molecule has 20 heavy (non-hydrogen) atoms. The Labute approximate surface area is 116 Å². The first kappa shape index (κ1) is 12.4. The molecule has 102 valence electrons. The van der Waals surface area contributed by atoms with Crippen LogP contribution in [0.5, 0.6) is 0 Å². The minimum absolute atomic E-state index is 0.757. The fourth-order valence-corrected chi connectivity index (χ4v) is 2.05. The highest BCUT2D eigenvalue weighted by atomic mass is 15.4.